The first-order valence-electron chi connectivity index (χ1n) is 10.6. The number of nitrogens with one attached hydrogen (secondary N) is 1. The third-order valence-corrected chi connectivity index (χ3v) is 5.39. The quantitative estimate of drug-likeness (QED) is 0.353. The summed E-state index contributed by atoms with van der Waals surface area (Å²) in [6.45, 7) is 0. The summed E-state index contributed by atoms with van der Waals surface area (Å²) in [7, 11) is 0. The van der Waals surface area contributed by atoms with E-state index in [0.29, 0.717) is 29.7 Å². The standard InChI is InChI=1S/C28H21F2NO3/c29-24-10-7-18(8-11-24)14-23-17-22(28(33)34)9-12-26(23)31-27(32)21-5-1-3-19(15-21)13-20-4-2-6-25(30)16-20/h1-12,15-17H,13-14H2,(H,31,32)(H,33,34). The Morgan fingerprint density at radius 1 is 0.676 bits per heavy atom. The zero-order chi connectivity index (χ0) is 24.1. The van der Waals surface area contributed by atoms with Gasteiger partial charge < -0.3 is 10.4 Å². The van der Waals surface area contributed by atoms with Gasteiger partial charge in [0.25, 0.3) is 5.91 Å². The molecule has 2 N–H and O–H groups in total. The highest BCUT2D eigenvalue weighted by Gasteiger charge is 2.14. The van der Waals surface area contributed by atoms with E-state index in [0.717, 1.165) is 16.7 Å². The predicted octanol–water partition coefficient (Wildman–Crippen LogP) is 6.10. The first kappa shape index (κ1) is 22.9. The zero-order valence-corrected chi connectivity index (χ0v) is 18.1. The molecule has 34 heavy (non-hydrogen) atoms. The lowest BCUT2D eigenvalue weighted by Gasteiger charge is -2.13. The van der Waals surface area contributed by atoms with Gasteiger partial charge in [-0.05, 0) is 89.7 Å². The molecule has 0 aliphatic carbocycles. The van der Waals surface area contributed by atoms with Gasteiger partial charge in [-0.25, -0.2) is 13.6 Å². The molecule has 0 saturated heterocycles. The lowest BCUT2D eigenvalue weighted by atomic mass is 10.00. The van der Waals surface area contributed by atoms with Crippen LogP contribution in [-0.4, -0.2) is 17.0 Å². The number of amides is 1. The fourth-order valence-electron chi connectivity index (χ4n) is 3.72. The Hall–Kier alpha value is -4.32. The van der Waals surface area contributed by atoms with Crippen LogP contribution in [0.15, 0.2) is 91.0 Å². The van der Waals surface area contributed by atoms with Crippen LogP contribution in [0, 0.1) is 11.6 Å². The van der Waals surface area contributed by atoms with Crippen LogP contribution in [-0.2, 0) is 12.8 Å². The second kappa shape index (κ2) is 10.1. The Balaban J connectivity index is 1.57. The first-order chi connectivity index (χ1) is 16.4. The van der Waals surface area contributed by atoms with Crippen LogP contribution in [0.5, 0.6) is 0 Å². The number of carboxylic acid groups (broad SMARTS) is 1. The number of aromatic carboxylic acids is 1. The Labute approximate surface area is 195 Å². The smallest absolute Gasteiger partial charge is 0.335 e. The van der Waals surface area contributed by atoms with Crippen LogP contribution >= 0.6 is 0 Å². The van der Waals surface area contributed by atoms with E-state index in [1.54, 1.807) is 42.5 Å². The fraction of sp³-hybridized carbons (Fsp3) is 0.0714. The number of rotatable bonds is 7. The molecule has 1 amide bonds. The van der Waals surface area contributed by atoms with Crippen molar-refractivity contribution in [3.63, 3.8) is 0 Å². The number of carbonyl (C=O) groups is 2. The molecular formula is C28H21F2NO3. The van der Waals surface area contributed by atoms with Gasteiger partial charge in [-0.15, -0.1) is 0 Å². The van der Waals surface area contributed by atoms with E-state index >= 15 is 0 Å². The first-order valence-corrected chi connectivity index (χ1v) is 10.6. The van der Waals surface area contributed by atoms with Crippen LogP contribution in [0.3, 0.4) is 0 Å². The second-order valence-corrected chi connectivity index (χ2v) is 7.94. The number of hydrogen-bond acceptors (Lipinski definition) is 2. The molecule has 0 heterocycles. The van der Waals surface area contributed by atoms with Gasteiger partial charge in [0.1, 0.15) is 11.6 Å². The summed E-state index contributed by atoms with van der Waals surface area (Å²) in [5, 5.41) is 12.2. The van der Waals surface area contributed by atoms with E-state index in [2.05, 4.69) is 5.32 Å². The largest absolute Gasteiger partial charge is 0.478 e. The van der Waals surface area contributed by atoms with Crippen molar-refractivity contribution < 1.29 is 23.5 Å². The van der Waals surface area contributed by atoms with Gasteiger partial charge in [0.2, 0.25) is 0 Å². The van der Waals surface area contributed by atoms with Crippen molar-refractivity contribution in [3.8, 4) is 0 Å². The topological polar surface area (TPSA) is 66.4 Å². The molecule has 4 aromatic carbocycles. The third kappa shape index (κ3) is 5.72. The third-order valence-electron chi connectivity index (χ3n) is 5.39. The van der Waals surface area contributed by atoms with Crippen LogP contribution in [0.25, 0.3) is 0 Å². The molecule has 4 nitrogen and oxygen atoms in total. The summed E-state index contributed by atoms with van der Waals surface area (Å²) in [4.78, 5) is 24.5. The molecule has 0 spiro atoms. The maximum Gasteiger partial charge on any atom is 0.335 e. The monoisotopic (exact) mass is 457 g/mol. The molecule has 0 bridgehead atoms. The number of anilines is 1. The lowest BCUT2D eigenvalue weighted by Crippen LogP contribution is -2.14. The molecule has 6 heteroatoms. The van der Waals surface area contributed by atoms with Crippen molar-refractivity contribution in [1.29, 1.82) is 0 Å². The number of benzene rings is 4. The maximum atomic E-state index is 13.5. The Morgan fingerprint density at radius 3 is 2.09 bits per heavy atom. The summed E-state index contributed by atoms with van der Waals surface area (Å²) < 4.78 is 26.8. The number of halogens is 2. The molecule has 0 aromatic heterocycles. The molecule has 0 fully saturated rings. The Kier molecular flexibility index (Phi) is 6.78. The van der Waals surface area contributed by atoms with Gasteiger partial charge in [-0.3, -0.25) is 4.79 Å². The van der Waals surface area contributed by atoms with E-state index in [1.807, 2.05) is 12.1 Å². The van der Waals surface area contributed by atoms with Gasteiger partial charge in [0, 0.05) is 11.3 Å². The molecule has 0 radical (unpaired) electrons. The molecule has 0 aliphatic heterocycles. The highest BCUT2D eigenvalue weighted by molar-refractivity contribution is 6.05. The summed E-state index contributed by atoms with van der Waals surface area (Å²) in [6, 6.07) is 23.7. The van der Waals surface area contributed by atoms with Gasteiger partial charge in [-0.1, -0.05) is 36.4 Å². The van der Waals surface area contributed by atoms with Crippen molar-refractivity contribution in [2.24, 2.45) is 0 Å². The minimum atomic E-state index is -1.08. The van der Waals surface area contributed by atoms with E-state index < -0.39 is 5.97 Å². The second-order valence-electron chi connectivity index (χ2n) is 7.94. The van der Waals surface area contributed by atoms with Crippen molar-refractivity contribution in [2.75, 3.05) is 5.32 Å². The zero-order valence-electron chi connectivity index (χ0n) is 18.1. The molecule has 0 aliphatic rings. The average molecular weight is 457 g/mol. The Morgan fingerprint density at radius 2 is 1.38 bits per heavy atom. The normalized spacial score (nSPS) is 10.6. The Bertz CT molecular complexity index is 1350. The SMILES string of the molecule is O=C(O)c1ccc(NC(=O)c2cccc(Cc3cccc(F)c3)c2)c(Cc2ccc(F)cc2)c1. The van der Waals surface area contributed by atoms with Crippen LogP contribution in [0.4, 0.5) is 14.5 Å². The lowest BCUT2D eigenvalue weighted by molar-refractivity contribution is 0.0696. The van der Waals surface area contributed by atoms with Crippen LogP contribution < -0.4 is 5.32 Å². The number of hydrogen-bond donors (Lipinski definition) is 2. The minimum Gasteiger partial charge on any atom is -0.478 e. The molecule has 170 valence electrons. The minimum absolute atomic E-state index is 0.0900. The molecule has 4 rings (SSSR count). The summed E-state index contributed by atoms with van der Waals surface area (Å²) in [6.07, 6.45) is 0.790. The summed E-state index contributed by atoms with van der Waals surface area (Å²) in [5.74, 6) is -2.12. The van der Waals surface area contributed by atoms with Crippen molar-refractivity contribution in [3.05, 3.63) is 136 Å². The molecule has 0 unspecified atom stereocenters. The number of carboxylic acids is 1. The van der Waals surface area contributed by atoms with E-state index in [-0.39, 0.29) is 23.1 Å². The number of carbonyl (C=O) groups excluding carboxylic acids is 1. The predicted molar refractivity (Wildman–Crippen MR) is 126 cm³/mol. The highest BCUT2D eigenvalue weighted by Crippen LogP contribution is 2.23. The summed E-state index contributed by atoms with van der Waals surface area (Å²) >= 11 is 0. The molecular weight excluding hydrogens is 436 g/mol. The fourth-order valence-corrected chi connectivity index (χ4v) is 3.72. The van der Waals surface area contributed by atoms with Crippen molar-refractivity contribution in [1.82, 2.24) is 0 Å². The van der Waals surface area contributed by atoms with Gasteiger partial charge in [0.05, 0.1) is 5.56 Å². The van der Waals surface area contributed by atoms with Crippen LogP contribution in [0.1, 0.15) is 43.0 Å². The molecule has 4 aromatic rings. The van der Waals surface area contributed by atoms with Gasteiger partial charge >= 0.3 is 5.97 Å². The van der Waals surface area contributed by atoms with Crippen LogP contribution in [0.2, 0.25) is 0 Å². The van der Waals surface area contributed by atoms with E-state index in [9.17, 15) is 23.5 Å². The van der Waals surface area contributed by atoms with Crippen molar-refractivity contribution in [2.45, 2.75) is 12.8 Å². The van der Waals surface area contributed by atoms with Gasteiger partial charge in [-0.2, -0.15) is 0 Å². The van der Waals surface area contributed by atoms with E-state index in [1.165, 1.54) is 36.4 Å². The molecule has 0 atom stereocenters. The van der Waals surface area contributed by atoms with Gasteiger partial charge in [0.15, 0.2) is 0 Å². The van der Waals surface area contributed by atoms with E-state index in [4.69, 9.17) is 0 Å². The molecule has 0 saturated carbocycles. The maximum absolute atomic E-state index is 13.5. The summed E-state index contributed by atoms with van der Waals surface area (Å²) in [5.41, 5.74) is 3.99. The van der Waals surface area contributed by atoms with Crippen molar-refractivity contribution >= 4 is 17.6 Å². The average Bonchev–Trinajstić information content (AvgIpc) is 2.81. The highest BCUT2D eigenvalue weighted by atomic mass is 19.1.